The molecule has 1 N–H and O–H groups in total. The molecule has 10 heteroatoms. The van der Waals surface area contributed by atoms with Gasteiger partial charge in [-0.25, -0.2) is 9.07 Å². The molecule has 154 valence electrons. The number of carbonyl (C=O) groups excluding carboxylic acids is 1. The summed E-state index contributed by atoms with van der Waals surface area (Å²) in [5, 5.41) is 7.40. The van der Waals surface area contributed by atoms with Crippen LogP contribution in [0.5, 0.6) is 0 Å². The van der Waals surface area contributed by atoms with E-state index in [1.54, 1.807) is 41.3 Å². The first kappa shape index (κ1) is 19.8. The van der Waals surface area contributed by atoms with E-state index in [1.165, 1.54) is 16.7 Å². The highest BCUT2D eigenvalue weighted by atomic mass is 35.5. The van der Waals surface area contributed by atoms with Crippen molar-refractivity contribution in [2.75, 3.05) is 11.4 Å². The van der Waals surface area contributed by atoms with E-state index in [9.17, 15) is 18.8 Å². The third-order valence-electron chi connectivity index (χ3n) is 4.77. The molecule has 3 aromatic rings. The van der Waals surface area contributed by atoms with Gasteiger partial charge in [-0.1, -0.05) is 29.8 Å². The molecule has 1 aliphatic heterocycles. The second-order valence-electron chi connectivity index (χ2n) is 6.72. The lowest BCUT2D eigenvalue weighted by atomic mass is 10.2. The van der Waals surface area contributed by atoms with Crippen molar-refractivity contribution in [3.63, 3.8) is 0 Å². The Hall–Kier alpha value is -3.46. The Morgan fingerprint density at radius 1 is 1.07 bits per heavy atom. The monoisotopic (exact) mass is 429 g/mol. The van der Waals surface area contributed by atoms with Gasteiger partial charge in [0.15, 0.2) is 0 Å². The second kappa shape index (κ2) is 8.11. The zero-order valence-electron chi connectivity index (χ0n) is 15.7. The molecule has 2 heterocycles. The quantitative estimate of drug-likeness (QED) is 0.623. The van der Waals surface area contributed by atoms with E-state index in [1.807, 2.05) is 0 Å². The number of benzene rings is 2. The third kappa shape index (κ3) is 3.84. The van der Waals surface area contributed by atoms with E-state index in [0.717, 1.165) is 10.2 Å². The van der Waals surface area contributed by atoms with E-state index in [-0.39, 0.29) is 24.9 Å². The van der Waals surface area contributed by atoms with Gasteiger partial charge in [-0.3, -0.25) is 19.0 Å². The molecule has 0 fully saturated rings. The van der Waals surface area contributed by atoms with Crippen LogP contribution >= 0.6 is 11.6 Å². The van der Waals surface area contributed by atoms with Crippen LogP contribution in [0.1, 0.15) is 5.56 Å². The Labute approximate surface area is 175 Å². The summed E-state index contributed by atoms with van der Waals surface area (Å²) in [6.07, 6.45) is 0. The van der Waals surface area contributed by atoms with Crippen molar-refractivity contribution < 1.29 is 9.18 Å². The maximum absolute atomic E-state index is 13.2. The highest BCUT2D eigenvalue weighted by Gasteiger charge is 2.26. The number of nitrogens with one attached hydrogen (secondary N) is 1. The first-order valence-corrected chi connectivity index (χ1v) is 9.57. The van der Waals surface area contributed by atoms with Crippen LogP contribution < -0.4 is 21.3 Å². The molecule has 2 aromatic carbocycles. The van der Waals surface area contributed by atoms with Gasteiger partial charge in [0.1, 0.15) is 12.4 Å². The average molecular weight is 430 g/mol. The maximum atomic E-state index is 13.2. The second-order valence-corrected chi connectivity index (χ2v) is 7.12. The predicted molar refractivity (Wildman–Crippen MR) is 109 cm³/mol. The summed E-state index contributed by atoms with van der Waals surface area (Å²) in [6, 6.07) is 12.8. The minimum Gasteiger partial charge on any atom is -0.350 e. The maximum Gasteiger partial charge on any atom is 0.333 e. The van der Waals surface area contributed by atoms with Gasteiger partial charge in [-0.05, 0) is 35.9 Å². The molecule has 0 radical (unpaired) electrons. The fraction of sp³-hybridized carbons (Fsp3) is 0.200. The van der Waals surface area contributed by atoms with Crippen LogP contribution in [0.3, 0.4) is 0 Å². The van der Waals surface area contributed by atoms with Crippen molar-refractivity contribution in [1.29, 1.82) is 0 Å². The molecule has 0 atom stereocenters. The lowest BCUT2D eigenvalue weighted by molar-refractivity contribution is -0.122. The largest absolute Gasteiger partial charge is 0.350 e. The first-order chi connectivity index (χ1) is 14.4. The molecule has 1 aliphatic rings. The standard InChI is InChI=1S/C20H17ClFN5O3/c21-16-4-2-1-3-13(16)11-23-17(28)12-27-19(30)18(29)26-10-9-25(20(26)24-27)15-7-5-14(22)6-8-15/h1-8H,9-12H2,(H,23,28). The number of nitrogens with zero attached hydrogens (tertiary/aromatic N) is 4. The number of halogens is 2. The van der Waals surface area contributed by atoms with Crippen LogP contribution in [0.4, 0.5) is 16.0 Å². The van der Waals surface area contributed by atoms with E-state index in [2.05, 4.69) is 10.4 Å². The zero-order valence-corrected chi connectivity index (χ0v) is 16.5. The van der Waals surface area contributed by atoms with Crippen LogP contribution in [0.25, 0.3) is 0 Å². The van der Waals surface area contributed by atoms with E-state index in [0.29, 0.717) is 17.3 Å². The Balaban J connectivity index is 1.57. The van der Waals surface area contributed by atoms with Crippen molar-refractivity contribution in [3.8, 4) is 0 Å². The fourth-order valence-electron chi connectivity index (χ4n) is 3.23. The van der Waals surface area contributed by atoms with Crippen LogP contribution in [-0.4, -0.2) is 26.8 Å². The molecule has 0 saturated carbocycles. The molecular formula is C20H17ClFN5O3. The molecule has 1 amide bonds. The first-order valence-electron chi connectivity index (χ1n) is 9.19. The Morgan fingerprint density at radius 2 is 1.80 bits per heavy atom. The van der Waals surface area contributed by atoms with Gasteiger partial charge in [0.2, 0.25) is 11.9 Å². The number of hydrogen-bond acceptors (Lipinski definition) is 5. The topological polar surface area (TPSA) is 89.2 Å². The van der Waals surface area contributed by atoms with Gasteiger partial charge in [0.25, 0.3) is 0 Å². The number of amides is 1. The molecule has 0 saturated heterocycles. The molecule has 0 spiro atoms. The van der Waals surface area contributed by atoms with Crippen LogP contribution in [0.15, 0.2) is 58.1 Å². The van der Waals surface area contributed by atoms with Gasteiger partial charge >= 0.3 is 11.1 Å². The number of anilines is 2. The fourth-order valence-corrected chi connectivity index (χ4v) is 3.43. The molecule has 1 aromatic heterocycles. The predicted octanol–water partition coefficient (Wildman–Crippen LogP) is 1.67. The Kier molecular flexibility index (Phi) is 5.37. The molecular weight excluding hydrogens is 413 g/mol. The smallest absolute Gasteiger partial charge is 0.333 e. The Bertz CT molecular complexity index is 1220. The van der Waals surface area contributed by atoms with Crippen LogP contribution in [-0.2, 0) is 24.4 Å². The van der Waals surface area contributed by atoms with Crippen molar-refractivity contribution in [2.45, 2.75) is 19.6 Å². The molecule has 30 heavy (non-hydrogen) atoms. The van der Waals surface area contributed by atoms with Gasteiger partial charge in [-0.2, -0.15) is 0 Å². The molecule has 0 unspecified atom stereocenters. The summed E-state index contributed by atoms with van der Waals surface area (Å²) in [5.74, 6) is -0.645. The zero-order chi connectivity index (χ0) is 21.3. The van der Waals surface area contributed by atoms with E-state index in [4.69, 9.17) is 11.6 Å². The van der Waals surface area contributed by atoms with Crippen LogP contribution in [0.2, 0.25) is 5.02 Å². The number of carbonyl (C=O) groups is 1. The van der Waals surface area contributed by atoms with Crippen molar-refractivity contribution in [2.24, 2.45) is 0 Å². The lowest BCUT2D eigenvalue weighted by Crippen LogP contribution is -2.44. The van der Waals surface area contributed by atoms with Gasteiger partial charge < -0.3 is 10.2 Å². The molecule has 8 nitrogen and oxygen atoms in total. The summed E-state index contributed by atoms with van der Waals surface area (Å²) < 4.78 is 15.3. The number of rotatable bonds is 5. The molecule has 4 rings (SSSR count). The van der Waals surface area contributed by atoms with Crippen molar-refractivity contribution in [3.05, 3.63) is 85.6 Å². The highest BCUT2D eigenvalue weighted by Crippen LogP contribution is 2.26. The Morgan fingerprint density at radius 3 is 2.53 bits per heavy atom. The summed E-state index contributed by atoms with van der Waals surface area (Å²) in [5.41, 5.74) is -0.289. The van der Waals surface area contributed by atoms with E-state index < -0.39 is 23.6 Å². The summed E-state index contributed by atoms with van der Waals surface area (Å²) in [6.45, 7) is 0.436. The summed E-state index contributed by atoms with van der Waals surface area (Å²) >= 11 is 6.07. The minimum atomic E-state index is -0.882. The van der Waals surface area contributed by atoms with Gasteiger partial charge in [0, 0.05) is 30.3 Å². The third-order valence-corrected chi connectivity index (χ3v) is 5.14. The van der Waals surface area contributed by atoms with Crippen molar-refractivity contribution in [1.82, 2.24) is 19.7 Å². The number of aromatic nitrogens is 3. The minimum absolute atomic E-state index is 0.179. The number of hydrogen-bond donors (Lipinski definition) is 1. The van der Waals surface area contributed by atoms with Crippen LogP contribution in [0, 0.1) is 5.82 Å². The highest BCUT2D eigenvalue weighted by molar-refractivity contribution is 6.31. The van der Waals surface area contributed by atoms with Gasteiger partial charge in [-0.15, -0.1) is 5.10 Å². The summed E-state index contributed by atoms with van der Waals surface area (Å²) in [4.78, 5) is 38.9. The lowest BCUT2D eigenvalue weighted by Gasteiger charge is -2.17. The van der Waals surface area contributed by atoms with E-state index >= 15 is 0 Å². The summed E-state index contributed by atoms with van der Waals surface area (Å²) in [7, 11) is 0. The average Bonchev–Trinajstić information content (AvgIpc) is 3.15. The SMILES string of the molecule is O=C(Cn1nc2n(c(=O)c1=O)CCN2c1ccc(F)cc1)NCc1ccccc1Cl. The normalized spacial score (nSPS) is 12.7. The number of fused-ring (bicyclic) bond motifs is 1. The molecule has 0 aliphatic carbocycles. The van der Waals surface area contributed by atoms with Gasteiger partial charge in [0.05, 0.1) is 0 Å². The van der Waals surface area contributed by atoms with Crippen molar-refractivity contribution >= 4 is 29.1 Å². The molecule has 0 bridgehead atoms.